The van der Waals surface area contributed by atoms with E-state index in [2.05, 4.69) is 16.0 Å². The first-order chi connectivity index (χ1) is 19.1. The molecule has 9 nitrogen and oxygen atoms in total. The van der Waals surface area contributed by atoms with Gasteiger partial charge in [0, 0.05) is 24.7 Å². The number of benzene rings is 2. The summed E-state index contributed by atoms with van der Waals surface area (Å²) in [6, 6.07) is 15.5. The minimum absolute atomic E-state index is 0.116. The fourth-order valence-corrected chi connectivity index (χ4v) is 4.90. The summed E-state index contributed by atoms with van der Waals surface area (Å²) < 4.78 is 23.0. The molecule has 2 N–H and O–H groups in total. The van der Waals surface area contributed by atoms with Gasteiger partial charge in [-0.2, -0.15) is 10.4 Å². The van der Waals surface area contributed by atoms with Crippen LogP contribution in [-0.2, 0) is 4.79 Å². The van der Waals surface area contributed by atoms with Gasteiger partial charge < -0.3 is 15.4 Å². The maximum Gasteiger partial charge on any atom is 0.264 e. The molecule has 40 heavy (non-hydrogen) atoms. The molecule has 0 saturated carbocycles. The molecule has 1 amide bonds. The molecule has 10 heteroatoms. The first-order valence-corrected chi connectivity index (χ1v) is 13.1. The molecule has 0 aliphatic carbocycles. The molecule has 4 aromatic rings. The highest BCUT2D eigenvalue weighted by atomic mass is 19.1. The summed E-state index contributed by atoms with van der Waals surface area (Å²) in [4.78, 5) is 23.5. The SMILES string of the molecule is CC(C)(C)/C=C(\C#N)C(=O)N1CCCC(n2nc(-c3ccc(Oc4ccccc4)cc3F)c3c(N)ncnc32)C1. The van der Waals surface area contributed by atoms with E-state index in [0.717, 1.165) is 6.42 Å². The molecular formula is C30H30FN7O2. The third kappa shape index (κ3) is 5.50. The number of rotatable bonds is 5. The summed E-state index contributed by atoms with van der Waals surface area (Å²) in [6.45, 7) is 6.68. The van der Waals surface area contributed by atoms with E-state index in [1.807, 2.05) is 39.0 Å². The number of amides is 1. The number of nitrogen functional groups attached to an aromatic ring is 1. The molecule has 0 radical (unpaired) electrons. The average molecular weight is 540 g/mol. The number of nitrogens with two attached hydrogens (primary N) is 1. The minimum Gasteiger partial charge on any atom is -0.457 e. The van der Waals surface area contributed by atoms with Gasteiger partial charge in [0.15, 0.2) is 5.65 Å². The lowest BCUT2D eigenvalue weighted by atomic mass is 9.93. The number of halogens is 1. The van der Waals surface area contributed by atoms with Gasteiger partial charge in [-0.15, -0.1) is 0 Å². The molecule has 3 heterocycles. The predicted molar refractivity (Wildman–Crippen MR) is 150 cm³/mol. The number of allylic oxidation sites excluding steroid dienone is 1. The van der Waals surface area contributed by atoms with Crippen LogP contribution in [-0.4, -0.2) is 43.6 Å². The van der Waals surface area contributed by atoms with Crippen molar-refractivity contribution in [2.24, 2.45) is 5.41 Å². The number of aromatic nitrogens is 4. The summed E-state index contributed by atoms with van der Waals surface area (Å²) >= 11 is 0. The average Bonchev–Trinajstić information content (AvgIpc) is 3.32. The van der Waals surface area contributed by atoms with Gasteiger partial charge in [-0.25, -0.2) is 19.0 Å². The van der Waals surface area contributed by atoms with Crippen molar-refractivity contribution >= 4 is 22.8 Å². The van der Waals surface area contributed by atoms with Crippen molar-refractivity contribution in [2.45, 2.75) is 39.7 Å². The van der Waals surface area contributed by atoms with E-state index in [9.17, 15) is 10.1 Å². The largest absolute Gasteiger partial charge is 0.457 e. The van der Waals surface area contributed by atoms with E-state index in [1.54, 1.807) is 39.9 Å². The van der Waals surface area contributed by atoms with Gasteiger partial charge in [0.2, 0.25) is 0 Å². The van der Waals surface area contributed by atoms with Gasteiger partial charge in [0.25, 0.3) is 5.91 Å². The number of nitriles is 1. The highest BCUT2D eigenvalue weighted by Crippen LogP contribution is 2.36. The molecule has 1 aliphatic heterocycles. The normalized spacial score (nSPS) is 16.1. The summed E-state index contributed by atoms with van der Waals surface area (Å²) in [5, 5.41) is 14.9. The molecule has 0 bridgehead atoms. The van der Waals surface area contributed by atoms with Crippen molar-refractivity contribution in [3.63, 3.8) is 0 Å². The quantitative estimate of drug-likeness (QED) is 0.256. The monoisotopic (exact) mass is 539 g/mol. The van der Waals surface area contributed by atoms with Crippen molar-refractivity contribution in [1.82, 2.24) is 24.6 Å². The van der Waals surface area contributed by atoms with Crippen molar-refractivity contribution in [1.29, 1.82) is 5.26 Å². The number of nitrogens with zero attached hydrogens (tertiary/aromatic N) is 6. The minimum atomic E-state index is -0.533. The summed E-state index contributed by atoms with van der Waals surface area (Å²) in [6.07, 6.45) is 4.48. The summed E-state index contributed by atoms with van der Waals surface area (Å²) in [5.74, 6) is 0.273. The second-order valence-electron chi connectivity index (χ2n) is 10.9. The van der Waals surface area contributed by atoms with Gasteiger partial charge >= 0.3 is 0 Å². The second-order valence-corrected chi connectivity index (χ2v) is 10.9. The predicted octanol–water partition coefficient (Wildman–Crippen LogP) is 5.67. The lowest BCUT2D eigenvalue weighted by Crippen LogP contribution is -2.41. The van der Waals surface area contributed by atoms with Gasteiger partial charge in [0.05, 0.1) is 11.4 Å². The molecule has 1 aliphatic rings. The maximum atomic E-state index is 15.5. The third-order valence-electron chi connectivity index (χ3n) is 6.65. The zero-order valence-corrected chi connectivity index (χ0v) is 22.6. The van der Waals surface area contributed by atoms with Crippen molar-refractivity contribution < 1.29 is 13.9 Å². The Kier molecular flexibility index (Phi) is 7.22. The van der Waals surface area contributed by atoms with Gasteiger partial charge in [-0.3, -0.25) is 4.79 Å². The Balaban J connectivity index is 1.49. The first-order valence-electron chi connectivity index (χ1n) is 13.1. The fourth-order valence-electron chi connectivity index (χ4n) is 4.90. The van der Waals surface area contributed by atoms with E-state index in [0.29, 0.717) is 47.7 Å². The Labute approximate surface area is 231 Å². The van der Waals surface area contributed by atoms with Crippen LogP contribution < -0.4 is 10.5 Å². The number of ether oxygens (including phenoxy) is 1. The van der Waals surface area contributed by atoms with Gasteiger partial charge in [-0.1, -0.05) is 45.0 Å². The van der Waals surface area contributed by atoms with E-state index in [-0.39, 0.29) is 34.3 Å². The number of piperidine rings is 1. The van der Waals surface area contributed by atoms with Gasteiger partial charge in [0.1, 0.15) is 46.8 Å². The van der Waals surface area contributed by atoms with Crippen LogP contribution in [0.5, 0.6) is 11.5 Å². The number of carbonyl (C=O) groups is 1. The molecular weight excluding hydrogens is 509 g/mol. The van der Waals surface area contributed by atoms with Crippen molar-refractivity contribution in [3.05, 3.63) is 72.3 Å². The molecule has 1 atom stereocenters. The number of carbonyl (C=O) groups excluding carboxylic acids is 1. The Morgan fingerprint density at radius 3 is 2.65 bits per heavy atom. The zero-order valence-electron chi connectivity index (χ0n) is 22.6. The third-order valence-corrected chi connectivity index (χ3v) is 6.65. The van der Waals surface area contributed by atoms with E-state index < -0.39 is 5.82 Å². The standard InChI is InChI=1S/C30H30FN7O2/c1-30(2,3)15-19(16-32)29(39)37-13-7-8-20(17-37)38-28-25(27(33)34-18-35-28)26(36-38)23-12-11-22(14-24(23)31)40-21-9-5-4-6-10-21/h4-6,9-12,14-15,18,20H,7-8,13,17H2,1-3H3,(H2,33,34,35)/b19-15+. The van der Waals surface area contributed by atoms with Crippen LogP contribution in [0.4, 0.5) is 10.2 Å². The molecule has 2 aromatic carbocycles. The van der Waals surface area contributed by atoms with Crippen LogP contribution in [0.3, 0.4) is 0 Å². The van der Waals surface area contributed by atoms with Crippen LogP contribution in [0.15, 0.2) is 66.5 Å². The van der Waals surface area contributed by atoms with Gasteiger partial charge in [-0.05, 0) is 42.5 Å². The number of fused-ring (bicyclic) bond motifs is 1. The smallest absolute Gasteiger partial charge is 0.264 e. The highest BCUT2D eigenvalue weighted by Gasteiger charge is 2.31. The van der Waals surface area contributed by atoms with Crippen LogP contribution in [0.2, 0.25) is 0 Å². The Morgan fingerprint density at radius 1 is 1.18 bits per heavy atom. The Morgan fingerprint density at radius 2 is 1.95 bits per heavy atom. The van der Waals surface area contributed by atoms with Crippen molar-refractivity contribution in [3.8, 4) is 28.8 Å². The topological polar surface area (TPSA) is 123 Å². The van der Waals surface area contributed by atoms with E-state index in [1.165, 1.54) is 12.4 Å². The zero-order chi connectivity index (χ0) is 28.4. The molecule has 1 saturated heterocycles. The molecule has 0 spiro atoms. The second kappa shape index (κ2) is 10.8. The molecule has 1 fully saturated rings. The fraction of sp³-hybridized carbons (Fsp3) is 0.300. The van der Waals surface area contributed by atoms with Crippen molar-refractivity contribution in [2.75, 3.05) is 18.8 Å². The Bertz CT molecular complexity index is 1630. The molecule has 204 valence electrons. The molecule has 2 aromatic heterocycles. The van der Waals surface area contributed by atoms with Crippen LogP contribution in [0.1, 0.15) is 39.7 Å². The first kappa shape index (κ1) is 26.8. The van der Waals surface area contributed by atoms with Crippen LogP contribution >= 0.6 is 0 Å². The number of likely N-dealkylation sites (tertiary alicyclic amines) is 1. The van der Waals surface area contributed by atoms with Crippen LogP contribution in [0.25, 0.3) is 22.3 Å². The maximum absolute atomic E-state index is 15.5. The highest BCUT2D eigenvalue weighted by molar-refractivity contribution is 5.99. The number of hydrogen-bond donors (Lipinski definition) is 1. The number of hydrogen-bond acceptors (Lipinski definition) is 7. The lowest BCUT2D eigenvalue weighted by Gasteiger charge is -2.33. The summed E-state index contributed by atoms with van der Waals surface area (Å²) in [5.41, 5.74) is 7.05. The lowest BCUT2D eigenvalue weighted by molar-refractivity contribution is -0.128. The van der Waals surface area contributed by atoms with E-state index >= 15 is 4.39 Å². The number of anilines is 1. The van der Waals surface area contributed by atoms with E-state index in [4.69, 9.17) is 15.6 Å². The molecule has 5 rings (SSSR count). The Hall–Kier alpha value is -4.78. The number of para-hydroxylation sites is 1. The summed E-state index contributed by atoms with van der Waals surface area (Å²) in [7, 11) is 0. The van der Waals surface area contributed by atoms with Crippen LogP contribution in [0, 0.1) is 22.6 Å². The molecule has 1 unspecified atom stereocenters.